The lowest BCUT2D eigenvalue weighted by Crippen LogP contribution is -2.32. The van der Waals surface area contributed by atoms with Crippen LogP contribution in [0.2, 0.25) is 0 Å². The normalized spacial score (nSPS) is 12.0. The Morgan fingerprint density at radius 2 is 2.27 bits per heavy atom. The maximum absolute atomic E-state index is 5.89. The molecule has 0 fully saturated rings. The van der Waals surface area contributed by atoms with Gasteiger partial charge in [-0.3, -0.25) is 0 Å². The molecule has 0 aliphatic heterocycles. The van der Waals surface area contributed by atoms with E-state index in [9.17, 15) is 0 Å². The SMILES string of the molecule is Cc1nc(CNCCCC(C)(C)N)cs1. The van der Waals surface area contributed by atoms with Gasteiger partial charge in [-0.05, 0) is 40.2 Å². The summed E-state index contributed by atoms with van der Waals surface area (Å²) in [5.41, 5.74) is 6.99. The zero-order chi connectivity index (χ0) is 11.3. The first-order valence-electron chi connectivity index (χ1n) is 5.38. The van der Waals surface area contributed by atoms with Crippen molar-refractivity contribution in [3.63, 3.8) is 0 Å². The van der Waals surface area contributed by atoms with Crippen LogP contribution in [0.1, 0.15) is 37.4 Å². The van der Waals surface area contributed by atoms with Gasteiger partial charge in [-0.2, -0.15) is 0 Å². The second-order valence-electron chi connectivity index (χ2n) is 4.63. The molecule has 0 radical (unpaired) electrons. The van der Waals surface area contributed by atoms with Crippen LogP contribution in [-0.2, 0) is 6.54 Å². The predicted molar refractivity (Wildman–Crippen MR) is 66.1 cm³/mol. The van der Waals surface area contributed by atoms with Crippen molar-refractivity contribution in [3.05, 3.63) is 16.1 Å². The van der Waals surface area contributed by atoms with E-state index < -0.39 is 0 Å². The van der Waals surface area contributed by atoms with Gasteiger partial charge in [0.2, 0.25) is 0 Å². The maximum Gasteiger partial charge on any atom is 0.0897 e. The van der Waals surface area contributed by atoms with Crippen LogP contribution < -0.4 is 11.1 Å². The molecule has 86 valence electrons. The Bertz CT molecular complexity index is 288. The summed E-state index contributed by atoms with van der Waals surface area (Å²) in [4.78, 5) is 4.39. The number of aryl methyl sites for hydroxylation is 1. The minimum Gasteiger partial charge on any atom is -0.326 e. The molecule has 0 atom stereocenters. The summed E-state index contributed by atoms with van der Waals surface area (Å²) in [6.45, 7) is 8.05. The van der Waals surface area contributed by atoms with Gasteiger partial charge in [0.1, 0.15) is 0 Å². The lowest BCUT2D eigenvalue weighted by atomic mass is 10.0. The van der Waals surface area contributed by atoms with Crippen LogP contribution in [-0.4, -0.2) is 17.1 Å². The van der Waals surface area contributed by atoms with E-state index in [2.05, 4.69) is 29.5 Å². The van der Waals surface area contributed by atoms with Gasteiger partial charge in [-0.1, -0.05) is 0 Å². The van der Waals surface area contributed by atoms with Gasteiger partial charge in [0.25, 0.3) is 0 Å². The van der Waals surface area contributed by atoms with Crippen LogP contribution in [0.4, 0.5) is 0 Å². The minimum absolute atomic E-state index is 0.0428. The maximum atomic E-state index is 5.89. The number of nitrogens with zero attached hydrogens (tertiary/aromatic N) is 1. The Morgan fingerprint density at radius 1 is 1.53 bits per heavy atom. The van der Waals surface area contributed by atoms with Crippen molar-refractivity contribution in [2.24, 2.45) is 5.73 Å². The topological polar surface area (TPSA) is 50.9 Å². The van der Waals surface area contributed by atoms with Crippen molar-refractivity contribution in [1.29, 1.82) is 0 Å². The van der Waals surface area contributed by atoms with Crippen LogP contribution in [0, 0.1) is 6.92 Å². The highest BCUT2D eigenvalue weighted by Crippen LogP contribution is 2.08. The van der Waals surface area contributed by atoms with Crippen LogP contribution >= 0.6 is 11.3 Å². The summed E-state index contributed by atoms with van der Waals surface area (Å²) in [5.74, 6) is 0. The smallest absolute Gasteiger partial charge is 0.0897 e. The number of rotatable bonds is 6. The van der Waals surface area contributed by atoms with E-state index in [0.717, 1.165) is 36.6 Å². The first-order valence-corrected chi connectivity index (χ1v) is 6.26. The zero-order valence-electron chi connectivity index (χ0n) is 9.84. The molecule has 0 amide bonds. The molecule has 0 spiro atoms. The van der Waals surface area contributed by atoms with Crippen molar-refractivity contribution >= 4 is 11.3 Å². The monoisotopic (exact) mass is 227 g/mol. The molecule has 0 unspecified atom stereocenters. The zero-order valence-corrected chi connectivity index (χ0v) is 10.7. The molecule has 3 nitrogen and oxygen atoms in total. The summed E-state index contributed by atoms with van der Waals surface area (Å²) >= 11 is 1.70. The summed E-state index contributed by atoms with van der Waals surface area (Å²) < 4.78 is 0. The van der Waals surface area contributed by atoms with Crippen molar-refractivity contribution in [1.82, 2.24) is 10.3 Å². The molecule has 3 N–H and O–H groups in total. The Hall–Kier alpha value is -0.450. The molecule has 0 saturated heterocycles. The molecule has 1 aromatic heterocycles. The highest BCUT2D eigenvalue weighted by Gasteiger charge is 2.08. The second-order valence-corrected chi connectivity index (χ2v) is 5.69. The fraction of sp³-hybridized carbons (Fsp3) is 0.727. The molecule has 0 aromatic carbocycles. The van der Waals surface area contributed by atoms with Crippen molar-refractivity contribution in [3.8, 4) is 0 Å². The molecule has 1 rings (SSSR count). The largest absolute Gasteiger partial charge is 0.326 e. The van der Waals surface area contributed by atoms with Gasteiger partial charge < -0.3 is 11.1 Å². The third-order valence-electron chi connectivity index (χ3n) is 2.15. The van der Waals surface area contributed by atoms with Gasteiger partial charge in [0.05, 0.1) is 10.7 Å². The molecular weight excluding hydrogens is 206 g/mol. The average molecular weight is 227 g/mol. The number of hydrogen-bond donors (Lipinski definition) is 2. The van der Waals surface area contributed by atoms with Crippen LogP contribution in [0.3, 0.4) is 0 Å². The van der Waals surface area contributed by atoms with E-state index in [-0.39, 0.29) is 5.54 Å². The van der Waals surface area contributed by atoms with Gasteiger partial charge in [-0.25, -0.2) is 4.98 Å². The summed E-state index contributed by atoms with van der Waals surface area (Å²) in [6.07, 6.45) is 2.17. The molecule has 4 heteroatoms. The number of nitrogens with two attached hydrogens (primary N) is 1. The van der Waals surface area contributed by atoms with Crippen molar-refractivity contribution in [2.75, 3.05) is 6.54 Å². The van der Waals surface area contributed by atoms with Crippen molar-refractivity contribution < 1.29 is 0 Å². The van der Waals surface area contributed by atoms with E-state index in [1.165, 1.54) is 0 Å². The summed E-state index contributed by atoms with van der Waals surface area (Å²) in [5, 5.41) is 6.62. The Labute approximate surface area is 96.1 Å². The van der Waals surface area contributed by atoms with E-state index in [0.29, 0.717) is 0 Å². The van der Waals surface area contributed by atoms with Gasteiger partial charge in [0.15, 0.2) is 0 Å². The number of thiazole rings is 1. The fourth-order valence-corrected chi connectivity index (χ4v) is 1.99. The highest BCUT2D eigenvalue weighted by molar-refractivity contribution is 7.09. The molecule has 1 heterocycles. The first kappa shape index (κ1) is 12.6. The van der Waals surface area contributed by atoms with Crippen LogP contribution in [0.5, 0.6) is 0 Å². The average Bonchev–Trinajstić information content (AvgIpc) is 2.49. The predicted octanol–water partition coefficient (Wildman–Crippen LogP) is 2.06. The highest BCUT2D eigenvalue weighted by atomic mass is 32.1. The molecule has 1 aromatic rings. The van der Waals surface area contributed by atoms with Gasteiger partial charge in [-0.15, -0.1) is 11.3 Å². The third kappa shape index (κ3) is 5.87. The van der Waals surface area contributed by atoms with Crippen LogP contribution in [0.25, 0.3) is 0 Å². The third-order valence-corrected chi connectivity index (χ3v) is 2.97. The lowest BCUT2D eigenvalue weighted by molar-refractivity contribution is 0.448. The van der Waals surface area contributed by atoms with E-state index >= 15 is 0 Å². The summed E-state index contributed by atoms with van der Waals surface area (Å²) in [7, 11) is 0. The van der Waals surface area contributed by atoms with E-state index in [1.807, 2.05) is 6.92 Å². The molecule has 0 bridgehead atoms. The Kier molecular flexibility index (Phi) is 4.70. The Morgan fingerprint density at radius 3 is 2.80 bits per heavy atom. The minimum atomic E-state index is -0.0428. The number of hydrogen-bond acceptors (Lipinski definition) is 4. The number of nitrogens with one attached hydrogen (secondary N) is 1. The van der Waals surface area contributed by atoms with Crippen LogP contribution in [0.15, 0.2) is 5.38 Å². The molecule has 15 heavy (non-hydrogen) atoms. The van der Waals surface area contributed by atoms with Crippen molar-refractivity contribution in [2.45, 2.75) is 45.7 Å². The molecular formula is C11H21N3S. The number of aromatic nitrogens is 1. The molecule has 0 saturated carbocycles. The first-order chi connectivity index (χ1) is 6.97. The fourth-order valence-electron chi connectivity index (χ4n) is 1.37. The van der Waals surface area contributed by atoms with E-state index in [4.69, 9.17) is 5.73 Å². The summed E-state index contributed by atoms with van der Waals surface area (Å²) in [6, 6.07) is 0. The Balaban J connectivity index is 2.07. The van der Waals surface area contributed by atoms with E-state index in [1.54, 1.807) is 11.3 Å². The second kappa shape index (κ2) is 5.58. The lowest BCUT2D eigenvalue weighted by Gasteiger charge is -2.17. The standard InChI is InChI=1S/C11H21N3S/c1-9-14-10(8-15-9)7-13-6-4-5-11(2,3)12/h8,13H,4-7,12H2,1-3H3. The van der Waals surface area contributed by atoms with Gasteiger partial charge in [0, 0.05) is 17.5 Å². The molecule has 0 aliphatic carbocycles. The van der Waals surface area contributed by atoms with Gasteiger partial charge >= 0.3 is 0 Å². The quantitative estimate of drug-likeness (QED) is 0.731. The molecule has 0 aliphatic rings.